The van der Waals surface area contributed by atoms with Gasteiger partial charge in [-0.15, -0.1) is 0 Å². The first-order valence-corrected chi connectivity index (χ1v) is 9.64. The molecular weight excluding hydrogens is 421 g/mol. The monoisotopic (exact) mass is 435 g/mol. The van der Waals surface area contributed by atoms with Crippen LogP contribution in [0.3, 0.4) is 0 Å². The third-order valence-corrected chi connectivity index (χ3v) is 4.98. The Morgan fingerprint density at radius 1 is 1.16 bits per heavy atom. The first-order valence-electron chi connectivity index (χ1n) is 9.26. The molecule has 2 amide bonds. The van der Waals surface area contributed by atoms with Gasteiger partial charge in [-0.1, -0.05) is 23.7 Å². The Labute approximate surface area is 181 Å². The van der Waals surface area contributed by atoms with Gasteiger partial charge in [0.1, 0.15) is 5.82 Å². The Kier molecular flexibility index (Phi) is 5.60. The molecule has 1 aliphatic rings. The lowest BCUT2D eigenvalue weighted by Crippen LogP contribution is -2.28. The lowest BCUT2D eigenvalue weighted by atomic mass is 9.93. The van der Waals surface area contributed by atoms with E-state index < -0.39 is 17.5 Å². The minimum atomic E-state index is -0.601. The maximum absolute atomic E-state index is 13.4. The molecule has 8 heteroatoms. The van der Waals surface area contributed by atoms with Crippen LogP contribution in [-0.4, -0.2) is 22.6 Å². The molecule has 1 aromatic heterocycles. The number of pyridine rings is 1. The zero-order valence-corrected chi connectivity index (χ0v) is 16.7. The number of carbonyl (C=O) groups is 3. The molecule has 0 spiro atoms. The van der Waals surface area contributed by atoms with Crippen LogP contribution in [-0.2, 0) is 11.3 Å². The van der Waals surface area contributed by atoms with Gasteiger partial charge in [0.2, 0.25) is 5.78 Å². The molecule has 2 heterocycles. The highest BCUT2D eigenvalue weighted by Crippen LogP contribution is 2.28. The van der Waals surface area contributed by atoms with Gasteiger partial charge < -0.3 is 10.6 Å². The van der Waals surface area contributed by atoms with E-state index in [0.717, 1.165) is 11.6 Å². The Morgan fingerprint density at radius 3 is 2.74 bits per heavy atom. The summed E-state index contributed by atoms with van der Waals surface area (Å²) in [6.45, 7) is 0.283. The second kappa shape index (κ2) is 8.49. The smallest absolute Gasteiger partial charge is 0.259 e. The number of carbonyl (C=O) groups excluding carboxylic acids is 3. The van der Waals surface area contributed by atoms with Crippen molar-refractivity contribution in [1.29, 1.82) is 0 Å². The first kappa shape index (κ1) is 20.4. The quantitative estimate of drug-likeness (QED) is 0.478. The van der Waals surface area contributed by atoms with Gasteiger partial charge in [0.05, 0.1) is 16.3 Å². The standard InChI is InChI=1S/C23H15ClFN3O3/c24-18-9-13(3-5-19(18)25)8-17-21(29)16-10-15(4-6-20(16)28-23(17)31)22(30)27-12-14-2-1-7-26-11-14/h1-11H,12H2,(H,27,30)(H,28,31)/b17-8+. The molecule has 0 saturated heterocycles. The molecule has 0 atom stereocenters. The number of Topliss-reactive ketones (excluding diaryl/α,β-unsaturated/α-hetero) is 1. The number of hydrogen-bond donors (Lipinski definition) is 2. The molecule has 1 aliphatic heterocycles. The largest absolute Gasteiger partial charge is 0.348 e. The molecule has 0 bridgehead atoms. The van der Waals surface area contributed by atoms with Gasteiger partial charge in [-0.3, -0.25) is 19.4 Å². The van der Waals surface area contributed by atoms with Crippen molar-refractivity contribution in [2.24, 2.45) is 0 Å². The normalized spacial score (nSPS) is 14.2. The molecule has 4 rings (SSSR count). The van der Waals surface area contributed by atoms with Gasteiger partial charge in [0.25, 0.3) is 11.8 Å². The predicted octanol–water partition coefficient (Wildman–Crippen LogP) is 4.02. The second-order valence-electron chi connectivity index (χ2n) is 6.82. The van der Waals surface area contributed by atoms with E-state index in [0.29, 0.717) is 11.3 Å². The summed E-state index contributed by atoms with van der Waals surface area (Å²) < 4.78 is 13.4. The topological polar surface area (TPSA) is 88.2 Å². The third-order valence-electron chi connectivity index (χ3n) is 4.69. The molecule has 2 N–H and O–H groups in total. The van der Waals surface area contributed by atoms with Crippen molar-refractivity contribution in [3.05, 3.63) is 99.6 Å². The molecule has 0 aliphatic carbocycles. The molecular formula is C23H15ClFN3O3. The molecule has 6 nitrogen and oxygen atoms in total. The number of fused-ring (bicyclic) bond motifs is 1. The van der Waals surface area contributed by atoms with E-state index in [1.54, 1.807) is 18.5 Å². The van der Waals surface area contributed by atoms with Crippen LogP contribution in [0.25, 0.3) is 6.08 Å². The van der Waals surface area contributed by atoms with E-state index in [1.807, 2.05) is 6.07 Å². The number of hydrogen-bond acceptors (Lipinski definition) is 4. The lowest BCUT2D eigenvalue weighted by Gasteiger charge is -2.19. The number of amides is 2. The highest BCUT2D eigenvalue weighted by molar-refractivity contribution is 6.36. The van der Waals surface area contributed by atoms with Crippen molar-refractivity contribution in [3.63, 3.8) is 0 Å². The Morgan fingerprint density at radius 2 is 2.00 bits per heavy atom. The average Bonchev–Trinajstić information content (AvgIpc) is 2.78. The van der Waals surface area contributed by atoms with E-state index in [9.17, 15) is 18.8 Å². The zero-order valence-electron chi connectivity index (χ0n) is 16.0. The molecule has 154 valence electrons. The maximum atomic E-state index is 13.4. The van der Waals surface area contributed by atoms with Crippen LogP contribution in [0.15, 0.2) is 66.5 Å². The van der Waals surface area contributed by atoms with Crippen molar-refractivity contribution in [2.75, 3.05) is 5.32 Å². The number of halogens is 2. The SMILES string of the molecule is O=C1Nc2ccc(C(=O)NCc3cccnc3)cc2C(=O)/C1=C\c1ccc(F)c(Cl)c1. The van der Waals surface area contributed by atoms with Crippen molar-refractivity contribution in [3.8, 4) is 0 Å². The minimum Gasteiger partial charge on any atom is -0.348 e. The van der Waals surface area contributed by atoms with Gasteiger partial charge in [0.15, 0.2) is 0 Å². The molecule has 0 fully saturated rings. The van der Waals surface area contributed by atoms with E-state index in [2.05, 4.69) is 15.6 Å². The van der Waals surface area contributed by atoms with Crippen molar-refractivity contribution in [1.82, 2.24) is 10.3 Å². The summed E-state index contributed by atoms with van der Waals surface area (Å²) >= 11 is 5.78. The van der Waals surface area contributed by atoms with E-state index in [-0.39, 0.29) is 34.2 Å². The highest BCUT2D eigenvalue weighted by Gasteiger charge is 2.29. The number of aromatic nitrogens is 1. The van der Waals surface area contributed by atoms with E-state index in [4.69, 9.17) is 11.6 Å². The summed E-state index contributed by atoms with van der Waals surface area (Å²) in [4.78, 5) is 41.9. The van der Waals surface area contributed by atoms with Crippen LogP contribution in [0, 0.1) is 5.82 Å². The van der Waals surface area contributed by atoms with Crippen molar-refractivity contribution < 1.29 is 18.8 Å². The van der Waals surface area contributed by atoms with Crippen LogP contribution < -0.4 is 10.6 Å². The van der Waals surface area contributed by atoms with Crippen LogP contribution in [0.2, 0.25) is 5.02 Å². The number of benzene rings is 2. The summed E-state index contributed by atoms with van der Waals surface area (Å²) in [5.74, 6) is -2.10. The van der Waals surface area contributed by atoms with Gasteiger partial charge in [-0.05, 0) is 53.6 Å². The second-order valence-corrected chi connectivity index (χ2v) is 7.23. The fourth-order valence-electron chi connectivity index (χ4n) is 3.11. The van der Waals surface area contributed by atoms with Gasteiger partial charge in [0, 0.05) is 30.1 Å². The first-order chi connectivity index (χ1) is 14.9. The summed E-state index contributed by atoms with van der Waals surface area (Å²) in [5.41, 5.74) is 1.87. The van der Waals surface area contributed by atoms with Gasteiger partial charge in [-0.2, -0.15) is 0 Å². The van der Waals surface area contributed by atoms with Crippen molar-refractivity contribution in [2.45, 2.75) is 6.54 Å². The Bertz CT molecular complexity index is 1240. The predicted molar refractivity (Wildman–Crippen MR) is 114 cm³/mol. The number of nitrogens with one attached hydrogen (secondary N) is 2. The average molecular weight is 436 g/mol. The molecule has 3 aromatic rings. The summed E-state index contributed by atoms with van der Waals surface area (Å²) in [6.07, 6.45) is 4.62. The highest BCUT2D eigenvalue weighted by atomic mass is 35.5. The van der Waals surface area contributed by atoms with Crippen LogP contribution >= 0.6 is 11.6 Å². The fraction of sp³-hybridized carbons (Fsp3) is 0.0435. The molecule has 0 radical (unpaired) electrons. The molecule has 0 unspecified atom stereocenters. The van der Waals surface area contributed by atoms with Gasteiger partial charge >= 0.3 is 0 Å². The molecule has 0 saturated carbocycles. The van der Waals surface area contributed by atoms with Crippen LogP contribution in [0.5, 0.6) is 0 Å². The molecule has 31 heavy (non-hydrogen) atoms. The van der Waals surface area contributed by atoms with Crippen LogP contribution in [0.1, 0.15) is 31.8 Å². The fourth-order valence-corrected chi connectivity index (χ4v) is 3.30. The van der Waals surface area contributed by atoms with Gasteiger partial charge in [-0.25, -0.2) is 4.39 Å². The Hall–Kier alpha value is -3.84. The summed E-state index contributed by atoms with van der Waals surface area (Å²) in [5, 5.41) is 5.28. The zero-order chi connectivity index (χ0) is 22.0. The van der Waals surface area contributed by atoms with E-state index >= 15 is 0 Å². The number of anilines is 1. The number of nitrogens with zero attached hydrogens (tertiary/aromatic N) is 1. The maximum Gasteiger partial charge on any atom is 0.259 e. The van der Waals surface area contributed by atoms with Crippen LogP contribution in [0.4, 0.5) is 10.1 Å². The molecule has 2 aromatic carbocycles. The summed E-state index contributed by atoms with van der Waals surface area (Å²) in [6, 6.07) is 11.9. The lowest BCUT2D eigenvalue weighted by molar-refractivity contribution is -0.112. The summed E-state index contributed by atoms with van der Waals surface area (Å²) in [7, 11) is 0. The number of ketones is 1. The number of rotatable bonds is 4. The van der Waals surface area contributed by atoms with Crippen molar-refractivity contribution >= 4 is 41.0 Å². The Balaban J connectivity index is 1.59. The minimum absolute atomic E-state index is 0.119. The third kappa shape index (κ3) is 4.36. The van der Waals surface area contributed by atoms with E-state index in [1.165, 1.54) is 36.4 Å².